The van der Waals surface area contributed by atoms with E-state index in [4.69, 9.17) is 23.2 Å². The van der Waals surface area contributed by atoms with Crippen molar-refractivity contribution < 1.29 is 14.3 Å². The molecule has 0 radical (unpaired) electrons. The lowest BCUT2D eigenvalue weighted by atomic mass is 10.2. The number of nitrogens with zero attached hydrogens (tertiary/aromatic N) is 1. The van der Waals surface area contributed by atoms with Crippen LogP contribution in [-0.4, -0.2) is 37.5 Å². The summed E-state index contributed by atoms with van der Waals surface area (Å²) in [5, 5.41) is 0. The molecule has 1 heterocycles. The number of carbonyl (C=O) groups is 2. The molecule has 7 heteroatoms. The van der Waals surface area contributed by atoms with Crippen LogP contribution in [0.1, 0.15) is 23.2 Å². The average Bonchev–Trinajstić information content (AvgIpc) is 2.67. The number of hydrogen-bond donors (Lipinski definition) is 0. The summed E-state index contributed by atoms with van der Waals surface area (Å²) in [5.74, 6) is -0.486. The number of amides is 1. The number of rotatable bonds is 5. The lowest BCUT2D eigenvalue weighted by Gasteiger charge is -2.16. The second-order valence-electron chi connectivity index (χ2n) is 3.64. The van der Waals surface area contributed by atoms with Crippen molar-refractivity contribution >= 4 is 46.4 Å². The molecule has 0 saturated carbocycles. The molecule has 1 amide bonds. The molecular weight excluding hydrogens is 297 g/mol. The second-order valence-corrected chi connectivity index (χ2v) is 5.93. The number of carbonyl (C=O) groups excluding carboxylic acids is 2. The summed E-state index contributed by atoms with van der Waals surface area (Å²) >= 11 is 12.8. The van der Waals surface area contributed by atoms with E-state index in [-0.39, 0.29) is 18.3 Å². The molecule has 1 rings (SSSR count). The molecule has 0 aliphatic rings. The number of ether oxygens (including phenoxy) is 1. The van der Waals surface area contributed by atoms with Crippen molar-refractivity contribution in [1.29, 1.82) is 0 Å². The largest absolute Gasteiger partial charge is 0.469 e. The van der Waals surface area contributed by atoms with E-state index in [0.29, 0.717) is 27.2 Å². The molecule has 18 heavy (non-hydrogen) atoms. The zero-order chi connectivity index (χ0) is 13.7. The first-order valence-corrected chi connectivity index (χ1v) is 6.80. The van der Waals surface area contributed by atoms with Crippen molar-refractivity contribution in [1.82, 2.24) is 4.90 Å². The average molecular weight is 310 g/mol. The van der Waals surface area contributed by atoms with Gasteiger partial charge in [0.1, 0.15) is 4.34 Å². The van der Waals surface area contributed by atoms with E-state index in [1.807, 2.05) is 0 Å². The fraction of sp³-hybridized carbons (Fsp3) is 0.455. The van der Waals surface area contributed by atoms with Crippen LogP contribution in [0.4, 0.5) is 0 Å². The van der Waals surface area contributed by atoms with Gasteiger partial charge < -0.3 is 9.64 Å². The molecule has 1 aromatic rings. The fourth-order valence-electron chi connectivity index (χ4n) is 1.36. The Morgan fingerprint density at radius 3 is 2.61 bits per heavy atom. The molecule has 100 valence electrons. The predicted octanol–water partition coefficient (Wildman–Crippen LogP) is 3.08. The van der Waals surface area contributed by atoms with Gasteiger partial charge in [0.05, 0.1) is 17.0 Å². The number of halogens is 2. The predicted molar refractivity (Wildman–Crippen MR) is 72.5 cm³/mol. The van der Waals surface area contributed by atoms with E-state index in [1.54, 1.807) is 13.1 Å². The van der Waals surface area contributed by atoms with Crippen LogP contribution in [0, 0.1) is 0 Å². The minimum Gasteiger partial charge on any atom is -0.469 e. The Balaban J connectivity index is 2.51. The highest BCUT2D eigenvalue weighted by Gasteiger charge is 2.18. The zero-order valence-corrected chi connectivity index (χ0v) is 12.4. The minimum absolute atomic E-state index is 0.201. The third-order valence-electron chi connectivity index (χ3n) is 2.34. The van der Waals surface area contributed by atoms with Crippen molar-refractivity contribution in [2.75, 3.05) is 20.7 Å². The highest BCUT2D eigenvalue weighted by Crippen LogP contribution is 2.31. The molecule has 0 unspecified atom stereocenters. The SMILES string of the molecule is COC(=O)CCCN(C)C(=O)c1cc(Cl)sc1Cl. The normalized spacial score (nSPS) is 10.2. The summed E-state index contributed by atoms with van der Waals surface area (Å²) in [7, 11) is 2.99. The Kier molecular flexibility index (Phi) is 5.91. The number of hydrogen-bond acceptors (Lipinski definition) is 4. The molecule has 0 saturated heterocycles. The standard InChI is InChI=1S/C11H13Cl2NO3S/c1-14(5-3-4-9(15)17-2)11(16)7-6-8(12)18-10(7)13/h6H,3-5H2,1-2H3. The zero-order valence-electron chi connectivity index (χ0n) is 10.0. The van der Waals surface area contributed by atoms with Gasteiger partial charge in [0.15, 0.2) is 0 Å². The van der Waals surface area contributed by atoms with E-state index in [9.17, 15) is 9.59 Å². The molecule has 0 spiro atoms. The van der Waals surface area contributed by atoms with Gasteiger partial charge in [-0.2, -0.15) is 0 Å². The maximum Gasteiger partial charge on any atom is 0.305 e. The van der Waals surface area contributed by atoms with Gasteiger partial charge in [0.25, 0.3) is 5.91 Å². The Labute approximate surface area is 119 Å². The molecule has 0 fully saturated rings. The maximum atomic E-state index is 12.0. The Hall–Kier alpha value is -0.780. The van der Waals surface area contributed by atoms with Gasteiger partial charge in [-0.3, -0.25) is 9.59 Å². The molecule has 4 nitrogen and oxygen atoms in total. The Bertz CT molecular complexity index is 447. The first-order chi connectivity index (χ1) is 8.45. The van der Waals surface area contributed by atoms with Crippen LogP contribution in [0.2, 0.25) is 8.67 Å². The lowest BCUT2D eigenvalue weighted by molar-refractivity contribution is -0.140. The first kappa shape index (κ1) is 15.3. The summed E-state index contributed by atoms with van der Waals surface area (Å²) in [6.45, 7) is 0.456. The van der Waals surface area contributed by atoms with Crippen molar-refractivity contribution in [3.63, 3.8) is 0 Å². The molecular formula is C11H13Cl2NO3S. The van der Waals surface area contributed by atoms with Gasteiger partial charge in [-0.1, -0.05) is 23.2 Å². The van der Waals surface area contributed by atoms with Crippen LogP contribution >= 0.6 is 34.5 Å². The third-order valence-corrected chi connectivity index (χ3v) is 3.82. The Morgan fingerprint density at radius 1 is 1.44 bits per heavy atom. The van der Waals surface area contributed by atoms with Crippen LogP contribution in [0.25, 0.3) is 0 Å². The highest BCUT2D eigenvalue weighted by atomic mass is 35.5. The minimum atomic E-state index is -0.285. The maximum absolute atomic E-state index is 12.0. The van der Waals surface area contributed by atoms with E-state index < -0.39 is 0 Å². The molecule has 0 aliphatic carbocycles. The van der Waals surface area contributed by atoms with Gasteiger partial charge in [-0.25, -0.2) is 0 Å². The summed E-state index contributed by atoms with van der Waals surface area (Å²) < 4.78 is 5.38. The summed E-state index contributed by atoms with van der Waals surface area (Å²) in [6.07, 6.45) is 0.830. The molecule has 0 aliphatic heterocycles. The topological polar surface area (TPSA) is 46.6 Å². The van der Waals surface area contributed by atoms with E-state index >= 15 is 0 Å². The summed E-state index contributed by atoms with van der Waals surface area (Å²) in [4.78, 5) is 24.4. The summed E-state index contributed by atoms with van der Waals surface area (Å²) in [5.41, 5.74) is 0.396. The van der Waals surface area contributed by atoms with Crippen LogP contribution in [0.15, 0.2) is 6.07 Å². The smallest absolute Gasteiger partial charge is 0.305 e. The monoisotopic (exact) mass is 309 g/mol. The quantitative estimate of drug-likeness (QED) is 0.785. The first-order valence-electron chi connectivity index (χ1n) is 5.22. The number of thiophene rings is 1. The van der Waals surface area contributed by atoms with Crippen LogP contribution < -0.4 is 0 Å². The number of esters is 1. The van der Waals surface area contributed by atoms with Crippen molar-refractivity contribution in [3.8, 4) is 0 Å². The van der Waals surface area contributed by atoms with Gasteiger partial charge in [0, 0.05) is 20.0 Å². The Morgan fingerprint density at radius 2 is 2.11 bits per heavy atom. The van der Waals surface area contributed by atoms with Gasteiger partial charge in [-0.05, 0) is 12.5 Å². The van der Waals surface area contributed by atoms with E-state index in [2.05, 4.69) is 4.74 Å². The highest BCUT2D eigenvalue weighted by molar-refractivity contribution is 7.20. The van der Waals surface area contributed by atoms with Gasteiger partial charge >= 0.3 is 5.97 Å². The summed E-state index contributed by atoms with van der Waals surface area (Å²) in [6, 6.07) is 1.55. The van der Waals surface area contributed by atoms with Crippen LogP contribution in [0.5, 0.6) is 0 Å². The number of methoxy groups -OCH3 is 1. The van der Waals surface area contributed by atoms with Crippen molar-refractivity contribution in [3.05, 3.63) is 20.3 Å². The van der Waals surface area contributed by atoms with E-state index in [0.717, 1.165) is 11.3 Å². The fourth-order valence-corrected chi connectivity index (χ4v) is 2.80. The second kappa shape index (κ2) is 6.97. The molecule has 0 N–H and O–H groups in total. The lowest BCUT2D eigenvalue weighted by Crippen LogP contribution is -2.28. The van der Waals surface area contributed by atoms with E-state index in [1.165, 1.54) is 12.0 Å². The van der Waals surface area contributed by atoms with Gasteiger partial charge in [0.2, 0.25) is 0 Å². The molecule has 0 aromatic carbocycles. The van der Waals surface area contributed by atoms with Crippen LogP contribution in [0.3, 0.4) is 0 Å². The van der Waals surface area contributed by atoms with Crippen molar-refractivity contribution in [2.24, 2.45) is 0 Å². The third kappa shape index (κ3) is 4.15. The molecule has 0 atom stereocenters. The van der Waals surface area contributed by atoms with Crippen molar-refractivity contribution in [2.45, 2.75) is 12.8 Å². The van der Waals surface area contributed by atoms with Crippen LogP contribution in [-0.2, 0) is 9.53 Å². The van der Waals surface area contributed by atoms with Gasteiger partial charge in [-0.15, -0.1) is 11.3 Å². The molecule has 1 aromatic heterocycles. The molecule has 0 bridgehead atoms.